The lowest BCUT2D eigenvalue weighted by molar-refractivity contribution is -0.116. The van der Waals surface area contributed by atoms with Crippen molar-refractivity contribution >= 4 is 35.6 Å². The summed E-state index contributed by atoms with van der Waals surface area (Å²) >= 11 is 5.68. The van der Waals surface area contributed by atoms with Crippen LogP contribution in [0, 0.1) is 0 Å². The Morgan fingerprint density at radius 3 is 2.36 bits per heavy atom. The molecule has 1 amide bonds. The number of amides is 1. The molecule has 2 rings (SSSR count). The number of halogens is 2. The summed E-state index contributed by atoms with van der Waals surface area (Å²) < 4.78 is 5.10. The standard InChI is InChI=1S/C16H16ClNO3.ClH/c1-21-14-8-6-13(7-9-14)18(16(20)10-17)11-12-4-2-3-5-15(12)19;/h2-9,19H,10-11H2,1H3;1H. The number of rotatable bonds is 5. The van der Waals surface area contributed by atoms with Crippen molar-refractivity contribution in [1.82, 2.24) is 0 Å². The van der Waals surface area contributed by atoms with Gasteiger partial charge in [-0.05, 0) is 30.3 Å². The average Bonchev–Trinajstić information content (AvgIpc) is 2.53. The maximum Gasteiger partial charge on any atom is 0.242 e. The molecule has 0 aliphatic heterocycles. The van der Waals surface area contributed by atoms with Gasteiger partial charge in [0.1, 0.15) is 17.4 Å². The highest BCUT2D eigenvalue weighted by Crippen LogP contribution is 2.24. The van der Waals surface area contributed by atoms with E-state index in [1.165, 1.54) is 4.90 Å². The second kappa shape index (κ2) is 8.51. The third kappa shape index (κ3) is 4.29. The molecule has 0 atom stereocenters. The molecule has 0 spiro atoms. The second-order valence-electron chi connectivity index (χ2n) is 4.44. The highest BCUT2D eigenvalue weighted by Gasteiger charge is 2.16. The van der Waals surface area contributed by atoms with E-state index in [2.05, 4.69) is 0 Å². The summed E-state index contributed by atoms with van der Waals surface area (Å²) in [7, 11) is 1.58. The number of carbonyl (C=O) groups is 1. The summed E-state index contributed by atoms with van der Waals surface area (Å²) in [5.41, 5.74) is 1.36. The predicted octanol–water partition coefficient (Wildman–Crippen LogP) is 3.59. The Balaban J connectivity index is 0.00000242. The first kappa shape index (κ1) is 18.1. The number of para-hydroxylation sites is 1. The topological polar surface area (TPSA) is 49.8 Å². The third-order valence-corrected chi connectivity index (χ3v) is 3.35. The maximum atomic E-state index is 12.1. The van der Waals surface area contributed by atoms with Gasteiger partial charge in [0, 0.05) is 11.3 Å². The zero-order chi connectivity index (χ0) is 15.2. The first-order valence-electron chi connectivity index (χ1n) is 6.43. The lowest BCUT2D eigenvalue weighted by Crippen LogP contribution is -2.31. The molecule has 0 saturated carbocycles. The van der Waals surface area contributed by atoms with E-state index in [1.807, 2.05) is 6.07 Å². The summed E-state index contributed by atoms with van der Waals surface area (Å²) in [5, 5.41) is 9.85. The van der Waals surface area contributed by atoms with Gasteiger partial charge >= 0.3 is 0 Å². The molecular weight excluding hydrogens is 325 g/mol. The molecule has 0 bridgehead atoms. The molecule has 2 aromatic rings. The molecule has 0 radical (unpaired) electrons. The number of anilines is 1. The zero-order valence-corrected chi connectivity index (χ0v) is 13.6. The molecule has 4 nitrogen and oxygen atoms in total. The molecule has 0 aromatic heterocycles. The van der Waals surface area contributed by atoms with Crippen molar-refractivity contribution in [1.29, 1.82) is 0 Å². The van der Waals surface area contributed by atoms with E-state index in [9.17, 15) is 9.90 Å². The Morgan fingerprint density at radius 2 is 1.82 bits per heavy atom. The van der Waals surface area contributed by atoms with E-state index in [0.29, 0.717) is 17.0 Å². The van der Waals surface area contributed by atoms with Gasteiger partial charge in [0.05, 0.1) is 13.7 Å². The van der Waals surface area contributed by atoms with Crippen molar-refractivity contribution in [3.05, 3.63) is 54.1 Å². The number of aromatic hydroxyl groups is 1. The van der Waals surface area contributed by atoms with Gasteiger partial charge in [0.2, 0.25) is 5.91 Å². The van der Waals surface area contributed by atoms with Crippen molar-refractivity contribution in [2.75, 3.05) is 17.9 Å². The minimum Gasteiger partial charge on any atom is -0.508 e. The molecule has 0 aliphatic rings. The number of hydrogen-bond acceptors (Lipinski definition) is 3. The van der Waals surface area contributed by atoms with Gasteiger partial charge in [0.25, 0.3) is 0 Å². The van der Waals surface area contributed by atoms with Crippen LogP contribution >= 0.6 is 24.0 Å². The highest BCUT2D eigenvalue weighted by atomic mass is 35.5. The van der Waals surface area contributed by atoms with Crippen LogP contribution in [0.1, 0.15) is 5.56 Å². The second-order valence-corrected chi connectivity index (χ2v) is 4.71. The van der Waals surface area contributed by atoms with E-state index in [4.69, 9.17) is 16.3 Å². The molecule has 0 saturated heterocycles. The fourth-order valence-corrected chi connectivity index (χ4v) is 2.12. The van der Waals surface area contributed by atoms with Gasteiger partial charge in [-0.2, -0.15) is 0 Å². The monoisotopic (exact) mass is 341 g/mol. The fraction of sp³-hybridized carbons (Fsp3) is 0.188. The highest BCUT2D eigenvalue weighted by molar-refractivity contribution is 6.29. The number of ether oxygens (including phenoxy) is 1. The van der Waals surface area contributed by atoms with Crippen molar-refractivity contribution in [3.63, 3.8) is 0 Å². The van der Waals surface area contributed by atoms with Crippen molar-refractivity contribution in [3.8, 4) is 11.5 Å². The summed E-state index contributed by atoms with van der Waals surface area (Å²) in [6.07, 6.45) is 0. The van der Waals surface area contributed by atoms with Crippen LogP contribution in [0.3, 0.4) is 0 Å². The minimum atomic E-state index is -0.231. The van der Waals surface area contributed by atoms with Crippen molar-refractivity contribution < 1.29 is 14.6 Å². The Hall–Kier alpha value is -1.91. The molecule has 0 unspecified atom stereocenters. The van der Waals surface area contributed by atoms with Gasteiger partial charge in [-0.15, -0.1) is 24.0 Å². The smallest absolute Gasteiger partial charge is 0.242 e. The number of phenols is 1. The molecule has 118 valence electrons. The number of methoxy groups -OCH3 is 1. The van der Waals surface area contributed by atoms with Crippen LogP contribution in [0.25, 0.3) is 0 Å². The van der Waals surface area contributed by atoms with Gasteiger partial charge in [0.15, 0.2) is 0 Å². The Morgan fingerprint density at radius 1 is 1.18 bits per heavy atom. The Labute approximate surface area is 140 Å². The molecule has 0 aliphatic carbocycles. The third-order valence-electron chi connectivity index (χ3n) is 3.12. The summed E-state index contributed by atoms with van der Waals surface area (Å²) in [4.78, 5) is 13.6. The van der Waals surface area contributed by atoms with E-state index < -0.39 is 0 Å². The molecular formula is C16H17Cl2NO3. The summed E-state index contributed by atoms with van der Waals surface area (Å²) in [6.45, 7) is 0.255. The van der Waals surface area contributed by atoms with E-state index in [-0.39, 0.29) is 36.5 Å². The fourth-order valence-electron chi connectivity index (χ4n) is 1.97. The lowest BCUT2D eigenvalue weighted by Gasteiger charge is -2.22. The molecule has 1 N–H and O–H groups in total. The van der Waals surface area contributed by atoms with E-state index in [0.717, 1.165) is 0 Å². The van der Waals surface area contributed by atoms with Crippen molar-refractivity contribution in [2.24, 2.45) is 0 Å². The predicted molar refractivity (Wildman–Crippen MR) is 90.3 cm³/mol. The van der Waals surface area contributed by atoms with Gasteiger partial charge < -0.3 is 14.7 Å². The number of carbonyl (C=O) groups excluding carboxylic acids is 1. The van der Waals surface area contributed by atoms with Crippen LogP contribution < -0.4 is 9.64 Å². The number of benzene rings is 2. The van der Waals surface area contributed by atoms with E-state index in [1.54, 1.807) is 49.6 Å². The molecule has 6 heteroatoms. The summed E-state index contributed by atoms with van der Waals surface area (Å²) in [6, 6.07) is 14.0. The Bertz CT molecular complexity index is 617. The summed E-state index contributed by atoms with van der Waals surface area (Å²) in [5.74, 6) is 0.502. The molecule has 0 fully saturated rings. The van der Waals surface area contributed by atoms with Crippen LogP contribution in [-0.4, -0.2) is 24.0 Å². The van der Waals surface area contributed by atoms with E-state index >= 15 is 0 Å². The molecule has 22 heavy (non-hydrogen) atoms. The van der Waals surface area contributed by atoms with Crippen molar-refractivity contribution in [2.45, 2.75) is 6.54 Å². The van der Waals surface area contributed by atoms with Gasteiger partial charge in [-0.25, -0.2) is 0 Å². The number of phenolic OH excluding ortho intramolecular Hbond substituents is 1. The number of nitrogens with zero attached hydrogens (tertiary/aromatic N) is 1. The Kier molecular flexibility index (Phi) is 7.02. The van der Waals surface area contributed by atoms with Gasteiger partial charge in [-0.1, -0.05) is 18.2 Å². The molecule has 2 aromatic carbocycles. The first-order valence-corrected chi connectivity index (χ1v) is 6.96. The number of alkyl halides is 1. The van der Waals surface area contributed by atoms with Crippen LogP contribution in [0.5, 0.6) is 11.5 Å². The largest absolute Gasteiger partial charge is 0.508 e. The van der Waals surface area contributed by atoms with Gasteiger partial charge in [-0.3, -0.25) is 4.79 Å². The quantitative estimate of drug-likeness (QED) is 0.845. The number of hydrogen-bond donors (Lipinski definition) is 1. The normalized spacial score (nSPS) is 9.73. The lowest BCUT2D eigenvalue weighted by atomic mass is 10.1. The first-order chi connectivity index (χ1) is 10.2. The minimum absolute atomic E-state index is 0. The average molecular weight is 342 g/mol. The molecule has 0 heterocycles. The van der Waals surface area contributed by atoms with Crippen LogP contribution in [0.2, 0.25) is 0 Å². The van der Waals surface area contributed by atoms with Crippen LogP contribution in [0.15, 0.2) is 48.5 Å². The van der Waals surface area contributed by atoms with Crippen LogP contribution in [-0.2, 0) is 11.3 Å². The zero-order valence-electron chi connectivity index (χ0n) is 12.0. The maximum absolute atomic E-state index is 12.1. The SMILES string of the molecule is COc1ccc(N(Cc2ccccc2O)C(=O)CCl)cc1.Cl. The van der Waals surface area contributed by atoms with Crippen LogP contribution in [0.4, 0.5) is 5.69 Å².